The maximum Gasteiger partial charge on any atom is 0.230 e. The minimum Gasteiger partial charge on any atom is -0.352 e. The van der Waals surface area contributed by atoms with Crippen molar-refractivity contribution >= 4 is 17.7 Å². The van der Waals surface area contributed by atoms with Crippen LogP contribution >= 0.6 is 11.8 Å². The summed E-state index contributed by atoms with van der Waals surface area (Å²) in [5, 5.41) is 12.7. The number of allylic oxidation sites excluding steroid dienone is 1. The fourth-order valence-electron chi connectivity index (χ4n) is 3.62. The first kappa shape index (κ1) is 19.7. The molecular formula is C21H28N4OS. The molecule has 144 valence electrons. The van der Waals surface area contributed by atoms with Gasteiger partial charge in [0.1, 0.15) is 0 Å². The number of benzene rings is 1. The lowest BCUT2D eigenvalue weighted by Gasteiger charge is -2.29. The molecule has 2 aromatic rings. The highest BCUT2D eigenvalue weighted by Crippen LogP contribution is 2.27. The van der Waals surface area contributed by atoms with Crippen LogP contribution in [0.1, 0.15) is 38.2 Å². The Morgan fingerprint density at radius 1 is 1.33 bits per heavy atom. The van der Waals surface area contributed by atoms with Crippen molar-refractivity contribution in [3.8, 4) is 11.4 Å². The Kier molecular flexibility index (Phi) is 6.72. The maximum atomic E-state index is 12.4. The summed E-state index contributed by atoms with van der Waals surface area (Å²) in [7, 11) is 0. The third-order valence-corrected chi connectivity index (χ3v) is 6.17. The SMILES string of the molecule is C=CCn1c(SCC(=O)N[C@@H]2CCCC[C@@H]2C)nnc1-c1ccccc1C. The van der Waals surface area contributed by atoms with E-state index in [0.29, 0.717) is 24.3 Å². The van der Waals surface area contributed by atoms with Gasteiger partial charge in [0.05, 0.1) is 5.75 Å². The third kappa shape index (κ3) is 4.80. The van der Waals surface area contributed by atoms with E-state index in [1.54, 1.807) is 0 Å². The molecule has 1 fully saturated rings. The second-order valence-corrected chi connectivity index (χ2v) is 8.19. The van der Waals surface area contributed by atoms with Gasteiger partial charge in [0, 0.05) is 18.2 Å². The molecule has 2 atom stereocenters. The van der Waals surface area contributed by atoms with Gasteiger partial charge in [0.2, 0.25) is 5.91 Å². The quantitative estimate of drug-likeness (QED) is 0.573. The van der Waals surface area contributed by atoms with E-state index in [-0.39, 0.29) is 5.91 Å². The largest absolute Gasteiger partial charge is 0.352 e. The second-order valence-electron chi connectivity index (χ2n) is 7.24. The number of aryl methyl sites for hydroxylation is 1. The van der Waals surface area contributed by atoms with Crippen LogP contribution in [-0.2, 0) is 11.3 Å². The van der Waals surface area contributed by atoms with Gasteiger partial charge in [0.25, 0.3) is 0 Å². The minimum absolute atomic E-state index is 0.0735. The normalized spacial score (nSPS) is 19.6. The highest BCUT2D eigenvalue weighted by Gasteiger charge is 2.23. The summed E-state index contributed by atoms with van der Waals surface area (Å²) in [4.78, 5) is 12.4. The number of carbonyl (C=O) groups is 1. The minimum atomic E-state index is 0.0735. The number of amides is 1. The maximum absolute atomic E-state index is 12.4. The van der Waals surface area contributed by atoms with Gasteiger partial charge in [-0.25, -0.2) is 0 Å². The molecule has 27 heavy (non-hydrogen) atoms. The summed E-state index contributed by atoms with van der Waals surface area (Å²) in [6, 6.07) is 8.43. The van der Waals surface area contributed by atoms with Gasteiger partial charge in [0.15, 0.2) is 11.0 Å². The first-order valence-corrected chi connectivity index (χ1v) is 10.6. The Hall–Kier alpha value is -2.08. The first-order valence-electron chi connectivity index (χ1n) is 9.62. The van der Waals surface area contributed by atoms with Crippen LogP contribution in [0.3, 0.4) is 0 Å². The van der Waals surface area contributed by atoms with E-state index < -0.39 is 0 Å². The summed E-state index contributed by atoms with van der Waals surface area (Å²) in [6.07, 6.45) is 6.59. The lowest BCUT2D eigenvalue weighted by Crippen LogP contribution is -2.41. The molecule has 0 bridgehead atoms. The predicted octanol–water partition coefficient (Wildman–Crippen LogP) is 4.23. The van der Waals surface area contributed by atoms with Gasteiger partial charge in [-0.2, -0.15) is 0 Å². The number of nitrogens with one attached hydrogen (secondary N) is 1. The van der Waals surface area contributed by atoms with Crippen LogP contribution in [0.2, 0.25) is 0 Å². The number of hydrogen-bond acceptors (Lipinski definition) is 4. The standard InChI is InChI=1S/C21H28N4OS/c1-4-13-25-20(17-11-7-5-9-15(17)2)23-24-21(25)27-14-19(26)22-18-12-8-6-10-16(18)3/h4-5,7,9,11,16,18H,1,6,8,10,12-14H2,2-3H3,(H,22,26)/t16-,18+/m0/s1. The van der Waals surface area contributed by atoms with Crippen molar-refractivity contribution < 1.29 is 4.79 Å². The molecule has 1 saturated carbocycles. The van der Waals surface area contributed by atoms with Gasteiger partial charge in [-0.3, -0.25) is 9.36 Å². The number of nitrogens with zero attached hydrogens (tertiary/aromatic N) is 3. The summed E-state index contributed by atoms with van der Waals surface area (Å²) < 4.78 is 2.02. The Morgan fingerprint density at radius 3 is 2.85 bits per heavy atom. The van der Waals surface area contributed by atoms with Gasteiger partial charge in [-0.1, -0.05) is 61.9 Å². The molecule has 0 saturated heterocycles. The Morgan fingerprint density at radius 2 is 2.11 bits per heavy atom. The van der Waals surface area contributed by atoms with Crippen molar-refractivity contribution in [2.45, 2.75) is 57.3 Å². The van der Waals surface area contributed by atoms with Crippen molar-refractivity contribution in [3.05, 3.63) is 42.5 Å². The van der Waals surface area contributed by atoms with E-state index in [1.165, 1.54) is 31.0 Å². The molecule has 5 nitrogen and oxygen atoms in total. The Balaban J connectivity index is 1.69. The van der Waals surface area contributed by atoms with Crippen LogP contribution in [0.5, 0.6) is 0 Å². The molecule has 1 heterocycles. The molecule has 1 aromatic heterocycles. The molecule has 6 heteroatoms. The zero-order chi connectivity index (χ0) is 19.2. The van der Waals surface area contributed by atoms with Gasteiger partial charge >= 0.3 is 0 Å². The zero-order valence-electron chi connectivity index (χ0n) is 16.1. The highest BCUT2D eigenvalue weighted by molar-refractivity contribution is 7.99. The van der Waals surface area contributed by atoms with Crippen molar-refractivity contribution in [2.24, 2.45) is 5.92 Å². The van der Waals surface area contributed by atoms with Crippen LogP contribution < -0.4 is 5.32 Å². The Labute approximate surface area is 165 Å². The fraction of sp³-hybridized carbons (Fsp3) is 0.476. The van der Waals surface area contributed by atoms with Crippen LogP contribution in [0.15, 0.2) is 42.1 Å². The molecule has 1 aliphatic rings. The zero-order valence-corrected chi connectivity index (χ0v) is 17.0. The molecule has 1 amide bonds. The molecule has 0 radical (unpaired) electrons. The first-order chi connectivity index (χ1) is 13.1. The third-order valence-electron chi connectivity index (χ3n) is 5.20. The molecular weight excluding hydrogens is 356 g/mol. The van der Waals surface area contributed by atoms with Crippen LogP contribution in [0.4, 0.5) is 0 Å². The van der Waals surface area contributed by atoms with E-state index in [2.05, 4.69) is 42.0 Å². The lowest BCUT2D eigenvalue weighted by atomic mass is 9.86. The monoisotopic (exact) mass is 384 g/mol. The predicted molar refractivity (Wildman–Crippen MR) is 111 cm³/mol. The fourth-order valence-corrected chi connectivity index (χ4v) is 4.38. The van der Waals surface area contributed by atoms with E-state index >= 15 is 0 Å². The van der Waals surface area contributed by atoms with E-state index in [0.717, 1.165) is 28.5 Å². The van der Waals surface area contributed by atoms with Gasteiger partial charge in [-0.05, 0) is 31.2 Å². The van der Waals surface area contributed by atoms with E-state index in [1.807, 2.05) is 28.8 Å². The average molecular weight is 385 g/mol. The summed E-state index contributed by atoms with van der Waals surface area (Å²) in [5.41, 5.74) is 2.20. The molecule has 0 aliphatic heterocycles. The highest BCUT2D eigenvalue weighted by atomic mass is 32.2. The second kappa shape index (κ2) is 9.22. The number of hydrogen-bond donors (Lipinski definition) is 1. The van der Waals surface area contributed by atoms with E-state index in [9.17, 15) is 4.79 Å². The number of aromatic nitrogens is 3. The summed E-state index contributed by atoms with van der Waals surface area (Å²) in [5.74, 6) is 1.80. The molecule has 1 aliphatic carbocycles. The van der Waals surface area contributed by atoms with Crippen LogP contribution in [-0.4, -0.2) is 32.5 Å². The smallest absolute Gasteiger partial charge is 0.230 e. The summed E-state index contributed by atoms with van der Waals surface area (Å²) in [6.45, 7) is 8.75. The molecule has 1 aromatic carbocycles. The van der Waals surface area contributed by atoms with Crippen LogP contribution in [0, 0.1) is 12.8 Å². The Bertz CT molecular complexity index is 801. The average Bonchev–Trinajstić information content (AvgIpc) is 3.05. The molecule has 0 unspecified atom stereocenters. The molecule has 0 spiro atoms. The number of carbonyl (C=O) groups excluding carboxylic acids is 1. The lowest BCUT2D eigenvalue weighted by molar-refractivity contribution is -0.119. The number of rotatable bonds is 7. The van der Waals surface area contributed by atoms with Crippen LogP contribution in [0.25, 0.3) is 11.4 Å². The van der Waals surface area contributed by atoms with Gasteiger partial charge < -0.3 is 5.32 Å². The van der Waals surface area contributed by atoms with Crippen molar-refractivity contribution in [1.29, 1.82) is 0 Å². The number of thioether (sulfide) groups is 1. The van der Waals surface area contributed by atoms with Gasteiger partial charge in [-0.15, -0.1) is 16.8 Å². The molecule has 1 N–H and O–H groups in total. The van der Waals surface area contributed by atoms with Crippen molar-refractivity contribution in [3.63, 3.8) is 0 Å². The van der Waals surface area contributed by atoms with Crippen molar-refractivity contribution in [1.82, 2.24) is 20.1 Å². The summed E-state index contributed by atoms with van der Waals surface area (Å²) >= 11 is 1.44. The van der Waals surface area contributed by atoms with E-state index in [4.69, 9.17) is 0 Å². The van der Waals surface area contributed by atoms with Crippen molar-refractivity contribution in [2.75, 3.05) is 5.75 Å². The molecule has 3 rings (SSSR count). The topological polar surface area (TPSA) is 59.8 Å².